The number of fused-ring (bicyclic) bond motifs is 1. The molecule has 3 amide bonds. The van der Waals surface area contributed by atoms with Crippen LogP contribution < -0.4 is 21.7 Å². The highest BCUT2D eigenvalue weighted by atomic mass is 32.2. The molecule has 5 unspecified atom stereocenters. The lowest BCUT2D eigenvalue weighted by molar-refractivity contribution is -0.142. The molecule has 0 saturated carbocycles. The highest BCUT2D eigenvalue weighted by Gasteiger charge is 2.31. The van der Waals surface area contributed by atoms with Gasteiger partial charge >= 0.3 is 5.97 Å². The number of nitrogens with one attached hydrogen (secondary N) is 4. The molecule has 0 radical (unpaired) electrons. The number of hydrogen-bond donors (Lipinski definition) is 7. The van der Waals surface area contributed by atoms with Crippen LogP contribution in [0.3, 0.4) is 0 Å². The van der Waals surface area contributed by atoms with E-state index in [0.717, 1.165) is 22.0 Å². The van der Waals surface area contributed by atoms with Crippen LogP contribution in [0.4, 0.5) is 0 Å². The maximum absolute atomic E-state index is 13.6. The van der Waals surface area contributed by atoms with Crippen LogP contribution in [-0.4, -0.2) is 81.2 Å². The number of nitrogens with two attached hydrogens (primary N) is 1. The third-order valence-electron chi connectivity index (χ3n) is 6.70. The van der Waals surface area contributed by atoms with Gasteiger partial charge in [0.15, 0.2) is 0 Å². The maximum Gasteiger partial charge on any atom is 0.326 e. The summed E-state index contributed by atoms with van der Waals surface area (Å²) in [7, 11) is 0. The van der Waals surface area contributed by atoms with Crippen LogP contribution in [0, 0.1) is 0 Å². The highest BCUT2D eigenvalue weighted by molar-refractivity contribution is 7.98. The quantitative estimate of drug-likeness (QED) is 0.138. The number of carbonyl (C=O) groups is 4. The number of aliphatic carboxylic acids is 1. The van der Waals surface area contributed by atoms with Gasteiger partial charge in [0.05, 0.1) is 6.10 Å². The predicted molar refractivity (Wildman–Crippen MR) is 158 cm³/mol. The van der Waals surface area contributed by atoms with Crippen molar-refractivity contribution in [3.05, 3.63) is 71.9 Å². The van der Waals surface area contributed by atoms with Crippen LogP contribution in [0.15, 0.2) is 60.8 Å². The van der Waals surface area contributed by atoms with E-state index >= 15 is 0 Å². The van der Waals surface area contributed by atoms with Gasteiger partial charge in [-0.25, -0.2) is 4.79 Å². The Morgan fingerprint density at radius 2 is 1.49 bits per heavy atom. The number of aromatic amines is 1. The molecule has 220 valence electrons. The largest absolute Gasteiger partial charge is 0.480 e. The summed E-state index contributed by atoms with van der Waals surface area (Å²) in [4.78, 5) is 54.8. The smallest absolute Gasteiger partial charge is 0.326 e. The number of carboxylic acid groups (broad SMARTS) is 1. The molecule has 0 aliphatic heterocycles. The van der Waals surface area contributed by atoms with Crippen LogP contribution in [0.2, 0.25) is 0 Å². The fourth-order valence-electron chi connectivity index (χ4n) is 4.32. The van der Waals surface area contributed by atoms with E-state index in [4.69, 9.17) is 5.73 Å². The summed E-state index contributed by atoms with van der Waals surface area (Å²) in [6.45, 7) is 1.37. The summed E-state index contributed by atoms with van der Waals surface area (Å²) in [5.41, 5.74) is 8.07. The van der Waals surface area contributed by atoms with Crippen LogP contribution in [0.5, 0.6) is 0 Å². The molecule has 0 fully saturated rings. The van der Waals surface area contributed by atoms with Gasteiger partial charge in [-0.3, -0.25) is 14.4 Å². The van der Waals surface area contributed by atoms with Gasteiger partial charge in [-0.15, -0.1) is 0 Å². The lowest BCUT2D eigenvalue weighted by Crippen LogP contribution is -2.58. The second-order valence-corrected chi connectivity index (χ2v) is 10.8. The average Bonchev–Trinajstić information content (AvgIpc) is 3.36. The third-order valence-corrected chi connectivity index (χ3v) is 7.34. The Balaban J connectivity index is 1.86. The number of aliphatic hydroxyl groups excluding tert-OH is 1. The summed E-state index contributed by atoms with van der Waals surface area (Å²) in [6, 6.07) is 11.7. The van der Waals surface area contributed by atoms with Gasteiger partial charge < -0.3 is 36.9 Å². The van der Waals surface area contributed by atoms with Crippen molar-refractivity contribution in [3.8, 4) is 0 Å². The van der Waals surface area contributed by atoms with Crippen molar-refractivity contribution < 1.29 is 29.4 Å². The fourth-order valence-corrected chi connectivity index (χ4v) is 4.79. The molecule has 12 heteroatoms. The van der Waals surface area contributed by atoms with Gasteiger partial charge in [0, 0.05) is 29.9 Å². The van der Waals surface area contributed by atoms with Crippen molar-refractivity contribution >= 4 is 46.4 Å². The number of H-pyrrole nitrogens is 1. The Morgan fingerprint density at radius 1 is 0.878 bits per heavy atom. The van der Waals surface area contributed by atoms with Gasteiger partial charge in [0.25, 0.3) is 0 Å². The zero-order valence-electron chi connectivity index (χ0n) is 23.0. The molecule has 0 aliphatic rings. The Labute approximate surface area is 242 Å². The first-order chi connectivity index (χ1) is 19.6. The van der Waals surface area contributed by atoms with E-state index in [2.05, 4.69) is 20.9 Å². The molecule has 11 nitrogen and oxygen atoms in total. The van der Waals surface area contributed by atoms with Gasteiger partial charge in [0.2, 0.25) is 17.7 Å². The van der Waals surface area contributed by atoms with E-state index in [-0.39, 0.29) is 19.3 Å². The summed E-state index contributed by atoms with van der Waals surface area (Å²) in [5, 5.41) is 28.3. The minimum Gasteiger partial charge on any atom is -0.480 e. The molecule has 3 aromatic rings. The summed E-state index contributed by atoms with van der Waals surface area (Å²) < 4.78 is 0. The molecule has 8 N–H and O–H groups in total. The molecule has 0 bridgehead atoms. The number of benzene rings is 2. The number of thioether (sulfide) groups is 1. The number of rotatable bonds is 15. The van der Waals surface area contributed by atoms with Crippen LogP contribution in [0.25, 0.3) is 10.9 Å². The van der Waals surface area contributed by atoms with E-state index in [0.29, 0.717) is 5.75 Å². The molecule has 5 atom stereocenters. The fraction of sp³-hybridized carbons (Fsp3) is 0.379. The molecular formula is C29H37N5O6S. The van der Waals surface area contributed by atoms with Gasteiger partial charge in [-0.2, -0.15) is 11.8 Å². The van der Waals surface area contributed by atoms with Crippen molar-refractivity contribution in [3.63, 3.8) is 0 Å². The normalized spacial score (nSPS) is 14.8. The topological polar surface area (TPSA) is 187 Å². The van der Waals surface area contributed by atoms with Crippen LogP contribution >= 0.6 is 11.8 Å². The standard InChI is InChI=1S/C29H37N5O6S/c1-17(35)25(30)28(38)32-22(12-13-41-2)26(36)33-23(15-19-16-31-21-11-7-6-10-20(19)21)27(37)34-24(29(39)40)14-18-8-4-3-5-9-18/h3-11,16-17,22-25,31,35H,12-15,30H2,1-2H3,(H,32,38)(H,33,36)(H,34,37)(H,39,40). The van der Waals surface area contributed by atoms with Gasteiger partial charge in [-0.1, -0.05) is 48.5 Å². The number of carbonyl (C=O) groups excluding carboxylic acids is 3. The molecule has 41 heavy (non-hydrogen) atoms. The molecule has 3 rings (SSSR count). The Kier molecular flexibility index (Phi) is 11.7. The number of para-hydroxylation sites is 1. The SMILES string of the molecule is CSCCC(NC(=O)C(N)C(C)O)C(=O)NC(Cc1c[nH]c2ccccc12)C(=O)NC(Cc1ccccc1)C(=O)O. The summed E-state index contributed by atoms with van der Waals surface area (Å²) >= 11 is 1.47. The summed E-state index contributed by atoms with van der Waals surface area (Å²) in [6.07, 6.45) is 2.83. The predicted octanol–water partition coefficient (Wildman–Crippen LogP) is 0.953. The van der Waals surface area contributed by atoms with Crippen molar-refractivity contribution in [1.29, 1.82) is 0 Å². The molecule has 2 aromatic carbocycles. The van der Waals surface area contributed by atoms with Gasteiger partial charge in [0.1, 0.15) is 24.2 Å². The average molecular weight is 584 g/mol. The summed E-state index contributed by atoms with van der Waals surface area (Å²) in [5.74, 6) is -2.69. The van der Waals surface area contributed by atoms with E-state index < -0.39 is 54.0 Å². The minimum absolute atomic E-state index is 0.0549. The van der Waals surface area contributed by atoms with E-state index in [9.17, 15) is 29.4 Å². The van der Waals surface area contributed by atoms with E-state index in [1.165, 1.54) is 18.7 Å². The molecule has 0 spiro atoms. The number of aliphatic hydroxyl groups is 1. The lowest BCUT2D eigenvalue weighted by Gasteiger charge is -2.25. The van der Waals surface area contributed by atoms with E-state index in [1.807, 2.05) is 36.6 Å². The molecule has 0 aliphatic carbocycles. The second-order valence-electron chi connectivity index (χ2n) is 9.82. The number of carboxylic acids is 1. The van der Waals surface area contributed by atoms with Crippen LogP contribution in [-0.2, 0) is 32.0 Å². The van der Waals surface area contributed by atoms with Crippen molar-refractivity contribution in [2.45, 2.75) is 56.5 Å². The number of amides is 3. The first-order valence-electron chi connectivity index (χ1n) is 13.3. The number of hydrogen-bond acceptors (Lipinski definition) is 7. The molecule has 1 heterocycles. The second kappa shape index (κ2) is 15.2. The zero-order chi connectivity index (χ0) is 29.9. The Morgan fingerprint density at radius 3 is 2.15 bits per heavy atom. The third kappa shape index (κ3) is 9.07. The Bertz CT molecular complexity index is 1330. The van der Waals surface area contributed by atoms with Crippen molar-refractivity contribution in [1.82, 2.24) is 20.9 Å². The molecular weight excluding hydrogens is 546 g/mol. The number of aromatic nitrogens is 1. The van der Waals surface area contributed by atoms with Crippen molar-refractivity contribution in [2.24, 2.45) is 5.73 Å². The van der Waals surface area contributed by atoms with Crippen molar-refractivity contribution in [2.75, 3.05) is 12.0 Å². The van der Waals surface area contributed by atoms with Crippen LogP contribution in [0.1, 0.15) is 24.5 Å². The Hall–Kier alpha value is -3.87. The van der Waals surface area contributed by atoms with Gasteiger partial charge in [-0.05, 0) is 42.5 Å². The maximum atomic E-state index is 13.6. The minimum atomic E-state index is -1.24. The lowest BCUT2D eigenvalue weighted by atomic mass is 10.0. The highest BCUT2D eigenvalue weighted by Crippen LogP contribution is 2.19. The molecule has 0 saturated heterocycles. The first kappa shape index (κ1) is 31.7. The van der Waals surface area contributed by atoms with E-state index in [1.54, 1.807) is 30.5 Å². The monoisotopic (exact) mass is 583 g/mol. The first-order valence-corrected chi connectivity index (χ1v) is 14.7. The zero-order valence-corrected chi connectivity index (χ0v) is 23.8. The molecule has 1 aromatic heterocycles.